The molecule has 2 aromatic carbocycles. The van der Waals surface area contributed by atoms with Gasteiger partial charge >= 0.3 is 35.9 Å². The molecule has 3 heteroatoms. The minimum absolute atomic E-state index is 0. The van der Waals surface area contributed by atoms with Crippen LogP contribution in [0.1, 0.15) is 0 Å². The fourth-order valence-electron chi connectivity index (χ4n) is 0.684. The molecule has 0 bridgehead atoms. The number of hydrogen-bond acceptors (Lipinski definition) is 1. The topological polar surface area (TPSA) is 0 Å². The van der Waals surface area contributed by atoms with E-state index in [1.54, 1.807) is 11.8 Å². The molecule has 17 heavy (non-hydrogen) atoms. The van der Waals surface area contributed by atoms with Crippen molar-refractivity contribution < 1.29 is 35.9 Å². The summed E-state index contributed by atoms with van der Waals surface area (Å²) in [4.78, 5) is 0. The summed E-state index contributed by atoms with van der Waals surface area (Å²) in [5.41, 5.74) is 0. The van der Waals surface area contributed by atoms with Gasteiger partial charge in [-0.25, -0.2) is 0 Å². The van der Waals surface area contributed by atoms with Gasteiger partial charge in [-0.05, 0) is 12.5 Å². The molecule has 0 aromatic heterocycles. The van der Waals surface area contributed by atoms with Crippen LogP contribution < -0.4 is 18.9 Å². The molecule has 0 spiro atoms. The molecule has 0 unspecified atom stereocenters. The number of benzene rings is 2. The van der Waals surface area contributed by atoms with Crippen molar-refractivity contribution in [1.82, 2.24) is 0 Å². The minimum Gasteiger partial charge on any atom is -0.184 e. The third-order valence-electron chi connectivity index (χ3n) is 1.21. The van der Waals surface area contributed by atoms with Gasteiger partial charge in [0, 0.05) is 0 Å². The van der Waals surface area contributed by atoms with Crippen LogP contribution in [0.25, 0.3) is 0 Å². The molecule has 2 aromatic rings. The standard InChI is InChI=1S/2C6H5.C2H6S.Cu.Li/c2*1-2-4-6-5-3-1;1-3-2;;/h2*1-5H;1-2H3;;/q2*-1;;2*+1. The van der Waals surface area contributed by atoms with Gasteiger partial charge in [0.1, 0.15) is 0 Å². The normalized spacial score (nSPS) is 6.71. The quantitative estimate of drug-likeness (QED) is 0.513. The van der Waals surface area contributed by atoms with Gasteiger partial charge in [0.05, 0.1) is 0 Å². The minimum atomic E-state index is 0. The van der Waals surface area contributed by atoms with Gasteiger partial charge in [-0.15, -0.1) is 0 Å². The van der Waals surface area contributed by atoms with Crippen molar-refractivity contribution in [3.8, 4) is 0 Å². The monoisotopic (exact) mass is 286 g/mol. The van der Waals surface area contributed by atoms with E-state index in [0.29, 0.717) is 0 Å². The summed E-state index contributed by atoms with van der Waals surface area (Å²) in [6.07, 6.45) is 4.08. The van der Waals surface area contributed by atoms with Crippen molar-refractivity contribution in [2.45, 2.75) is 0 Å². The predicted octanol–water partition coefficient (Wildman–Crippen LogP) is 0.954. The van der Waals surface area contributed by atoms with Gasteiger partial charge in [0.15, 0.2) is 0 Å². The first-order valence-corrected chi connectivity index (χ1v) is 6.27. The molecule has 0 N–H and O–H groups in total. The zero-order chi connectivity index (χ0) is 11.2. The molecule has 0 fully saturated rings. The van der Waals surface area contributed by atoms with Crippen LogP contribution in [0.15, 0.2) is 60.7 Å². The van der Waals surface area contributed by atoms with E-state index in [0.717, 1.165) is 0 Å². The average molecular weight is 287 g/mol. The fraction of sp³-hybridized carbons (Fsp3) is 0.143. The van der Waals surface area contributed by atoms with Gasteiger partial charge in [-0.2, -0.15) is 84.6 Å². The Morgan fingerprint density at radius 2 is 0.882 bits per heavy atom. The zero-order valence-corrected chi connectivity index (χ0v) is 12.2. The molecule has 0 aliphatic rings. The molecule has 2 rings (SSSR count). The van der Waals surface area contributed by atoms with E-state index in [1.165, 1.54) is 0 Å². The molecule has 0 radical (unpaired) electrons. The van der Waals surface area contributed by atoms with Crippen molar-refractivity contribution in [1.29, 1.82) is 0 Å². The van der Waals surface area contributed by atoms with Gasteiger partial charge in [-0.3, -0.25) is 0 Å². The molecular weight excluding hydrogens is 271 g/mol. The Morgan fingerprint density at radius 1 is 0.647 bits per heavy atom. The summed E-state index contributed by atoms with van der Waals surface area (Å²) in [6, 6.07) is 25.0. The maximum atomic E-state index is 2.89. The second-order valence-electron chi connectivity index (χ2n) is 2.56. The summed E-state index contributed by atoms with van der Waals surface area (Å²) in [7, 11) is 0. The average Bonchev–Trinajstić information content (AvgIpc) is 2.35. The summed E-state index contributed by atoms with van der Waals surface area (Å²) >= 11 is 1.75. The molecule has 0 saturated heterocycles. The van der Waals surface area contributed by atoms with Crippen LogP contribution in [0.2, 0.25) is 0 Å². The molecule has 0 aliphatic heterocycles. The Balaban J connectivity index is -0.000000173. The molecular formula is C14H16CuLiS. The first-order valence-electron chi connectivity index (χ1n) is 4.64. The van der Waals surface area contributed by atoms with E-state index in [1.807, 2.05) is 73.2 Å². The maximum Gasteiger partial charge on any atom is 1.00 e. The van der Waals surface area contributed by atoms with Gasteiger partial charge in [0.25, 0.3) is 0 Å². The van der Waals surface area contributed by atoms with E-state index in [4.69, 9.17) is 0 Å². The van der Waals surface area contributed by atoms with Crippen molar-refractivity contribution in [2.75, 3.05) is 12.5 Å². The molecule has 90 valence electrons. The number of rotatable bonds is 0. The van der Waals surface area contributed by atoms with E-state index < -0.39 is 0 Å². The predicted molar refractivity (Wildman–Crippen MR) is 70.0 cm³/mol. The Kier molecular flexibility index (Phi) is 27.6. The van der Waals surface area contributed by atoms with E-state index in [9.17, 15) is 0 Å². The molecule has 0 amide bonds. The zero-order valence-electron chi connectivity index (χ0n) is 10.5. The Hall–Kier alpha value is -0.0931. The van der Waals surface area contributed by atoms with Crippen LogP contribution in [0.4, 0.5) is 0 Å². The molecule has 0 saturated carbocycles. The largest absolute Gasteiger partial charge is 1.00 e. The van der Waals surface area contributed by atoms with Crippen molar-refractivity contribution in [3.63, 3.8) is 0 Å². The SMILES string of the molecule is CSC.[Cu+].[Li+].[c-]1ccccc1.[c-]1ccccc1. The van der Waals surface area contributed by atoms with Crippen molar-refractivity contribution >= 4 is 11.8 Å². The number of thioether (sulfide) groups is 1. The molecule has 0 atom stereocenters. The summed E-state index contributed by atoms with van der Waals surface area (Å²) in [5, 5.41) is 0. The second-order valence-corrected chi connectivity index (χ2v) is 3.38. The third kappa shape index (κ3) is 21.7. The van der Waals surface area contributed by atoms with Crippen LogP contribution in [0, 0.1) is 12.1 Å². The van der Waals surface area contributed by atoms with E-state index in [-0.39, 0.29) is 35.9 Å². The molecule has 0 aliphatic carbocycles. The molecule has 0 nitrogen and oxygen atoms in total. The van der Waals surface area contributed by atoms with Crippen LogP contribution in [-0.4, -0.2) is 12.5 Å². The third-order valence-corrected chi connectivity index (χ3v) is 1.21. The first-order chi connectivity index (χ1) is 7.41. The summed E-state index contributed by atoms with van der Waals surface area (Å²) < 4.78 is 0. The van der Waals surface area contributed by atoms with Crippen LogP contribution in [0.3, 0.4) is 0 Å². The Bertz CT molecular complexity index is 204. The summed E-state index contributed by atoms with van der Waals surface area (Å²) in [5.74, 6) is 0. The Labute approximate surface area is 132 Å². The smallest absolute Gasteiger partial charge is 0.184 e. The van der Waals surface area contributed by atoms with Gasteiger partial charge in [0.2, 0.25) is 0 Å². The van der Waals surface area contributed by atoms with Crippen LogP contribution >= 0.6 is 11.8 Å². The second kappa shape index (κ2) is 21.2. The van der Waals surface area contributed by atoms with Crippen LogP contribution in [0.5, 0.6) is 0 Å². The van der Waals surface area contributed by atoms with E-state index >= 15 is 0 Å². The summed E-state index contributed by atoms with van der Waals surface area (Å²) in [6.45, 7) is 0. The molecule has 0 heterocycles. The van der Waals surface area contributed by atoms with Crippen molar-refractivity contribution in [3.05, 3.63) is 72.8 Å². The number of hydrogen-bond donors (Lipinski definition) is 0. The fourth-order valence-corrected chi connectivity index (χ4v) is 0.684. The van der Waals surface area contributed by atoms with Gasteiger partial charge < -0.3 is 0 Å². The van der Waals surface area contributed by atoms with Crippen molar-refractivity contribution in [2.24, 2.45) is 0 Å². The Morgan fingerprint density at radius 3 is 0.941 bits per heavy atom. The van der Waals surface area contributed by atoms with Gasteiger partial charge in [-0.1, -0.05) is 0 Å². The maximum absolute atomic E-state index is 2.89. The van der Waals surface area contributed by atoms with E-state index in [2.05, 4.69) is 12.1 Å². The first kappa shape index (κ1) is 22.1. The van der Waals surface area contributed by atoms with Crippen LogP contribution in [-0.2, 0) is 17.1 Å².